The zero-order valence-electron chi connectivity index (χ0n) is 10.5. The fourth-order valence-corrected chi connectivity index (χ4v) is 3.05. The van der Waals surface area contributed by atoms with Gasteiger partial charge in [0.15, 0.2) is 0 Å². The highest BCUT2D eigenvalue weighted by Crippen LogP contribution is 2.37. The smallest absolute Gasteiger partial charge is 0.127 e. The van der Waals surface area contributed by atoms with Crippen molar-refractivity contribution in [2.75, 3.05) is 0 Å². The van der Waals surface area contributed by atoms with Gasteiger partial charge in [0, 0.05) is 10.0 Å². The van der Waals surface area contributed by atoms with Crippen molar-refractivity contribution in [3.05, 3.63) is 68.4 Å². The van der Waals surface area contributed by atoms with Crippen molar-refractivity contribution in [1.82, 2.24) is 0 Å². The van der Waals surface area contributed by atoms with E-state index in [4.69, 9.17) is 23.2 Å². The lowest BCUT2D eigenvalue weighted by Crippen LogP contribution is -1.97. The van der Waals surface area contributed by atoms with Gasteiger partial charge in [0.25, 0.3) is 0 Å². The van der Waals surface area contributed by atoms with Gasteiger partial charge in [0.2, 0.25) is 0 Å². The summed E-state index contributed by atoms with van der Waals surface area (Å²) in [6.45, 7) is 3.67. The SMILES string of the molecule is Cc1cc(C(Br)c2ccc(Cl)c(C)c2)c(Cl)cc1F. The van der Waals surface area contributed by atoms with Gasteiger partial charge in [-0.2, -0.15) is 0 Å². The summed E-state index contributed by atoms with van der Waals surface area (Å²) in [7, 11) is 0. The summed E-state index contributed by atoms with van der Waals surface area (Å²) >= 11 is 15.8. The zero-order valence-corrected chi connectivity index (χ0v) is 13.6. The lowest BCUT2D eigenvalue weighted by molar-refractivity contribution is 0.618. The Morgan fingerprint density at radius 2 is 1.68 bits per heavy atom. The minimum absolute atomic E-state index is 0.0877. The van der Waals surface area contributed by atoms with Crippen LogP contribution in [0.5, 0.6) is 0 Å². The van der Waals surface area contributed by atoms with Crippen molar-refractivity contribution >= 4 is 39.1 Å². The van der Waals surface area contributed by atoms with Gasteiger partial charge >= 0.3 is 0 Å². The molecule has 1 atom stereocenters. The maximum Gasteiger partial charge on any atom is 0.127 e. The summed E-state index contributed by atoms with van der Waals surface area (Å²) < 4.78 is 13.4. The summed E-state index contributed by atoms with van der Waals surface area (Å²) in [4.78, 5) is -0.0877. The summed E-state index contributed by atoms with van der Waals surface area (Å²) in [5.41, 5.74) is 3.46. The number of benzene rings is 2. The quantitative estimate of drug-likeness (QED) is 0.556. The minimum atomic E-state index is -0.291. The van der Waals surface area contributed by atoms with Crippen LogP contribution in [0.15, 0.2) is 30.3 Å². The molecule has 0 radical (unpaired) electrons. The molecule has 0 aliphatic carbocycles. The van der Waals surface area contributed by atoms with Crippen molar-refractivity contribution in [1.29, 1.82) is 0 Å². The van der Waals surface area contributed by atoms with E-state index in [1.807, 2.05) is 25.1 Å². The lowest BCUT2D eigenvalue weighted by atomic mass is 10.0. The van der Waals surface area contributed by atoms with E-state index in [9.17, 15) is 4.39 Å². The van der Waals surface area contributed by atoms with Crippen molar-refractivity contribution in [2.45, 2.75) is 18.7 Å². The van der Waals surface area contributed by atoms with E-state index < -0.39 is 0 Å². The van der Waals surface area contributed by atoms with Crippen LogP contribution in [0.25, 0.3) is 0 Å². The molecule has 2 rings (SSSR count). The van der Waals surface area contributed by atoms with Crippen molar-refractivity contribution in [3.63, 3.8) is 0 Å². The van der Waals surface area contributed by atoms with Gasteiger partial charge in [-0.05, 0) is 48.2 Å². The molecule has 0 aliphatic rings. The summed E-state index contributed by atoms with van der Waals surface area (Å²) in [5.74, 6) is -0.291. The highest BCUT2D eigenvalue weighted by molar-refractivity contribution is 9.09. The van der Waals surface area contributed by atoms with E-state index >= 15 is 0 Å². The first-order chi connectivity index (χ1) is 8.90. The van der Waals surface area contributed by atoms with Gasteiger partial charge < -0.3 is 0 Å². The molecule has 0 aliphatic heterocycles. The maximum atomic E-state index is 13.4. The number of alkyl halides is 1. The highest BCUT2D eigenvalue weighted by atomic mass is 79.9. The van der Waals surface area contributed by atoms with E-state index in [1.165, 1.54) is 6.07 Å². The van der Waals surface area contributed by atoms with Crippen LogP contribution in [0, 0.1) is 19.7 Å². The molecular formula is C15H12BrCl2F. The maximum absolute atomic E-state index is 13.4. The molecule has 0 heterocycles. The van der Waals surface area contributed by atoms with E-state index in [-0.39, 0.29) is 10.6 Å². The Morgan fingerprint density at radius 3 is 2.32 bits per heavy atom. The third-order valence-corrected chi connectivity index (χ3v) is 4.80. The Balaban J connectivity index is 2.46. The van der Waals surface area contributed by atoms with Crippen LogP contribution in [0.2, 0.25) is 10.0 Å². The van der Waals surface area contributed by atoms with E-state index in [1.54, 1.807) is 13.0 Å². The Labute approximate surface area is 130 Å². The normalized spacial score (nSPS) is 12.5. The molecule has 0 amide bonds. The Hall–Kier alpha value is -0.570. The van der Waals surface area contributed by atoms with Crippen molar-refractivity contribution < 1.29 is 4.39 Å². The lowest BCUT2D eigenvalue weighted by Gasteiger charge is -2.15. The first kappa shape index (κ1) is 14.8. The van der Waals surface area contributed by atoms with E-state index in [0.29, 0.717) is 10.6 Å². The largest absolute Gasteiger partial charge is 0.207 e. The van der Waals surface area contributed by atoms with Crippen LogP contribution in [0.4, 0.5) is 4.39 Å². The topological polar surface area (TPSA) is 0 Å². The predicted molar refractivity (Wildman–Crippen MR) is 83.1 cm³/mol. The fourth-order valence-electron chi connectivity index (χ4n) is 1.88. The number of aryl methyl sites for hydroxylation is 2. The van der Waals surface area contributed by atoms with Crippen molar-refractivity contribution in [2.24, 2.45) is 0 Å². The van der Waals surface area contributed by atoms with Gasteiger partial charge in [-0.15, -0.1) is 0 Å². The van der Waals surface area contributed by atoms with Gasteiger partial charge in [0.1, 0.15) is 5.82 Å². The minimum Gasteiger partial charge on any atom is -0.207 e. The molecule has 4 heteroatoms. The summed E-state index contributed by atoms with van der Waals surface area (Å²) in [6.07, 6.45) is 0. The number of halogens is 4. The second-order valence-corrected chi connectivity index (χ2v) is 6.22. The number of hydrogen-bond acceptors (Lipinski definition) is 0. The second-order valence-electron chi connectivity index (χ2n) is 4.49. The highest BCUT2D eigenvalue weighted by Gasteiger charge is 2.16. The molecule has 0 bridgehead atoms. The molecule has 0 saturated heterocycles. The molecule has 2 aromatic rings. The molecule has 1 unspecified atom stereocenters. The fraction of sp³-hybridized carbons (Fsp3) is 0.200. The third-order valence-electron chi connectivity index (χ3n) is 3.03. The Bertz CT molecular complexity index is 626. The van der Waals surface area contributed by atoms with Gasteiger partial charge in [-0.25, -0.2) is 4.39 Å². The molecule has 0 fully saturated rings. The van der Waals surface area contributed by atoms with Crippen molar-refractivity contribution in [3.8, 4) is 0 Å². The van der Waals surface area contributed by atoms with E-state index in [2.05, 4.69) is 15.9 Å². The monoisotopic (exact) mass is 360 g/mol. The molecule has 0 nitrogen and oxygen atoms in total. The first-order valence-electron chi connectivity index (χ1n) is 5.76. The summed E-state index contributed by atoms with van der Waals surface area (Å²) in [5, 5.41) is 1.14. The third kappa shape index (κ3) is 3.13. The van der Waals surface area contributed by atoms with Gasteiger partial charge in [-0.3, -0.25) is 0 Å². The average Bonchev–Trinajstić information content (AvgIpc) is 2.36. The molecule has 19 heavy (non-hydrogen) atoms. The molecule has 100 valence electrons. The molecule has 0 aromatic heterocycles. The van der Waals surface area contributed by atoms with E-state index in [0.717, 1.165) is 21.7 Å². The van der Waals surface area contributed by atoms with Gasteiger partial charge in [0.05, 0.1) is 4.83 Å². The van der Waals surface area contributed by atoms with Crippen LogP contribution in [0.3, 0.4) is 0 Å². The van der Waals surface area contributed by atoms with Crippen LogP contribution < -0.4 is 0 Å². The zero-order chi connectivity index (χ0) is 14.2. The first-order valence-corrected chi connectivity index (χ1v) is 7.43. The molecular weight excluding hydrogens is 350 g/mol. The Morgan fingerprint density at radius 1 is 1.00 bits per heavy atom. The molecule has 2 aromatic carbocycles. The van der Waals surface area contributed by atoms with Gasteiger partial charge in [-0.1, -0.05) is 57.3 Å². The molecule has 0 spiro atoms. The van der Waals surface area contributed by atoms with Crippen LogP contribution >= 0.6 is 39.1 Å². The molecule has 0 N–H and O–H groups in total. The van der Waals surface area contributed by atoms with Crippen LogP contribution in [-0.4, -0.2) is 0 Å². The summed E-state index contributed by atoms with van der Waals surface area (Å²) in [6, 6.07) is 8.90. The van der Waals surface area contributed by atoms with Crippen LogP contribution in [-0.2, 0) is 0 Å². The average molecular weight is 362 g/mol. The second kappa shape index (κ2) is 5.82. The Kier molecular flexibility index (Phi) is 4.54. The predicted octanol–water partition coefficient (Wildman–Crippen LogP) is 6.23. The standard InChI is InChI=1S/C15H12BrCl2F/c1-8-5-10(3-4-12(8)17)15(16)11-6-9(2)14(19)7-13(11)18/h3-7,15H,1-2H3. The molecule has 0 saturated carbocycles. The number of hydrogen-bond donors (Lipinski definition) is 0. The van der Waals surface area contributed by atoms with Crippen LogP contribution in [0.1, 0.15) is 27.1 Å². The number of rotatable bonds is 2.